The minimum absolute atomic E-state index is 0.0503. The Labute approximate surface area is 224 Å². The van der Waals surface area contributed by atoms with Crippen LogP contribution in [0.15, 0.2) is 30.3 Å². The van der Waals surface area contributed by atoms with Crippen LogP contribution in [0.1, 0.15) is 49.9 Å². The molecule has 0 aromatic heterocycles. The molecular formula is C26H30ClF3N2O6. The summed E-state index contributed by atoms with van der Waals surface area (Å²) >= 11 is 6.00. The SMILES string of the molecule is CCOC(=O)N(Cc1cc(Cl)cc(C(F)(F)F)c1)[C@H]1C[C@@H](C)N(C(=O)OCC)c2cc(OC)c(OC)cc21. The molecule has 2 atom stereocenters. The predicted octanol–water partition coefficient (Wildman–Crippen LogP) is 6.83. The topological polar surface area (TPSA) is 77.5 Å². The normalized spacial score (nSPS) is 16.9. The zero-order valence-electron chi connectivity index (χ0n) is 21.7. The van der Waals surface area contributed by atoms with Gasteiger partial charge in [0.05, 0.1) is 44.7 Å². The lowest BCUT2D eigenvalue weighted by molar-refractivity contribution is -0.137. The standard InChI is InChI=1S/C26H30ClF3N2O6/c1-6-37-24(33)31(14-16-9-17(26(28,29)30)11-18(27)10-16)20-8-15(3)32(25(34)38-7-2)21-13-23(36-5)22(35-4)12-19(20)21/h9-13,15,20H,6-8,14H2,1-5H3/t15-,20+/m1/s1. The van der Waals surface area contributed by atoms with Gasteiger partial charge in [-0.15, -0.1) is 0 Å². The summed E-state index contributed by atoms with van der Waals surface area (Å²) in [6.07, 6.45) is -5.69. The molecule has 0 unspecified atom stereocenters. The monoisotopic (exact) mass is 558 g/mol. The second-order valence-corrected chi connectivity index (χ2v) is 9.04. The number of carbonyl (C=O) groups excluding carboxylic acids is 2. The molecular weight excluding hydrogens is 529 g/mol. The second-order valence-electron chi connectivity index (χ2n) is 8.61. The summed E-state index contributed by atoms with van der Waals surface area (Å²) in [6.45, 7) is 5.08. The minimum Gasteiger partial charge on any atom is -0.493 e. The number of hydrogen-bond acceptors (Lipinski definition) is 6. The minimum atomic E-state index is -4.62. The molecule has 8 nitrogen and oxygen atoms in total. The van der Waals surface area contributed by atoms with Crippen LogP contribution in [0, 0.1) is 0 Å². The number of alkyl halides is 3. The summed E-state index contributed by atoms with van der Waals surface area (Å²) < 4.78 is 61.8. The molecule has 0 saturated carbocycles. The van der Waals surface area contributed by atoms with Crippen molar-refractivity contribution in [1.29, 1.82) is 0 Å². The summed E-state index contributed by atoms with van der Waals surface area (Å²) in [5, 5.41) is -0.115. The van der Waals surface area contributed by atoms with Gasteiger partial charge in [-0.3, -0.25) is 9.80 Å². The third-order valence-corrected chi connectivity index (χ3v) is 6.36. The van der Waals surface area contributed by atoms with Crippen molar-refractivity contribution in [2.75, 3.05) is 32.3 Å². The van der Waals surface area contributed by atoms with Crippen LogP contribution in [0.4, 0.5) is 28.4 Å². The number of anilines is 1. The fraction of sp³-hybridized carbons (Fsp3) is 0.462. The smallest absolute Gasteiger partial charge is 0.416 e. The maximum absolute atomic E-state index is 13.5. The van der Waals surface area contributed by atoms with Gasteiger partial charge in [0.15, 0.2) is 11.5 Å². The molecule has 38 heavy (non-hydrogen) atoms. The Morgan fingerprint density at radius 3 is 2.24 bits per heavy atom. The quantitative estimate of drug-likeness (QED) is 0.371. The van der Waals surface area contributed by atoms with E-state index in [9.17, 15) is 22.8 Å². The molecule has 12 heteroatoms. The molecule has 0 radical (unpaired) electrons. The zero-order valence-corrected chi connectivity index (χ0v) is 22.5. The summed E-state index contributed by atoms with van der Waals surface area (Å²) in [4.78, 5) is 28.9. The van der Waals surface area contributed by atoms with Gasteiger partial charge in [0.1, 0.15) is 0 Å². The highest BCUT2D eigenvalue weighted by atomic mass is 35.5. The van der Waals surface area contributed by atoms with E-state index in [-0.39, 0.29) is 36.8 Å². The van der Waals surface area contributed by atoms with E-state index < -0.39 is 36.0 Å². The molecule has 2 amide bonds. The Hall–Kier alpha value is -3.34. The van der Waals surface area contributed by atoms with Gasteiger partial charge in [-0.1, -0.05) is 11.6 Å². The van der Waals surface area contributed by atoms with Crippen LogP contribution in [0.5, 0.6) is 11.5 Å². The van der Waals surface area contributed by atoms with Crippen molar-refractivity contribution in [3.8, 4) is 11.5 Å². The third kappa shape index (κ3) is 6.20. The molecule has 1 aliphatic rings. The molecule has 3 rings (SSSR count). The Bertz CT molecular complexity index is 1180. The Morgan fingerprint density at radius 2 is 1.66 bits per heavy atom. The van der Waals surface area contributed by atoms with E-state index in [1.807, 2.05) is 0 Å². The van der Waals surface area contributed by atoms with Crippen LogP contribution < -0.4 is 14.4 Å². The first-order chi connectivity index (χ1) is 17.9. The number of methoxy groups -OCH3 is 2. The molecule has 208 valence electrons. The molecule has 0 spiro atoms. The molecule has 0 saturated heterocycles. The Balaban J connectivity index is 2.17. The van der Waals surface area contributed by atoms with Crippen molar-refractivity contribution < 1.29 is 41.7 Å². The Kier molecular flexibility index (Phi) is 9.24. The molecule has 1 heterocycles. The highest BCUT2D eigenvalue weighted by Gasteiger charge is 2.40. The molecule has 0 bridgehead atoms. The zero-order chi connectivity index (χ0) is 28.2. The van der Waals surface area contributed by atoms with Gasteiger partial charge in [0.2, 0.25) is 0 Å². The van der Waals surface area contributed by atoms with Crippen molar-refractivity contribution >= 4 is 29.5 Å². The predicted molar refractivity (Wildman–Crippen MR) is 135 cm³/mol. The Morgan fingerprint density at radius 1 is 1.03 bits per heavy atom. The van der Waals surface area contributed by atoms with Gasteiger partial charge in [-0.25, -0.2) is 9.59 Å². The van der Waals surface area contributed by atoms with Crippen molar-refractivity contribution in [1.82, 2.24) is 4.90 Å². The van der Waals surface area contributed by atoms with Gasteiger partial charge in [0.25, 0.3) is 0 Å². The lowest BCUT2D eigenvalue weighted by Gasteiger charge is -2.42. The fourth-order valence-electron chi connectivity index (χ4n) is 4.53. The van der Waals surface area contributed by atoms with Gasteiger partial charge in [-0.2, -0.15) is 13.2 Å². The summed E-state index contributed by atoms with van der Waals surface area (Å²) in [5.41, 5.74) is 0.169. The van der Waals surface area contributed by atoms with Crippen molar-refractivity contribution in [3.63, 3.8) is 0 Å². The number of halogens is 4. The van der Waals surface area contributed by atoms with Crippen molar-refractivity contribution in [3.05, 3.63) is 52.0 Å². The van der Waals surface area contributed by atoms with Crippen LogP contribution in [0.25, 0.3) is 0 Å². The molecule has 2 aromatic rings. The number of amides is 2. The number of benzene rings is 2. The summed E-state index contributed by atoms with van der Waals surface area (Å²) in [7, 11) is 2.90. The average molecular weight is 559 g/mol. The molecule has 0 fully saturated rings. The van der Waals surface area contributed by atoms with E-state index in [1.165, 1.54) is 30.1 Å². The lowest BCUT2D eigenvalue weighted by atomic mass is 9.90. The summed E-state index contributed by atoms with van der Waals surface area (Å²) in [5.74, 6) is 0.696. The molecule has 0 N–H and O–H groups in total. The first-order valence-electron chi connectivity index (χ1n) is 12.0. The first kappa shape index (κ1) is 29.2. The van der Waals surface area contributed by atoms with E-state index in [4.69, 9.17) is 30.5 Å². The van der Waals surface area contributed by atoms with Crippen LogP contribution in [-0.2, 0) is 22.2 Å². The average Bonchev–Trinajstić information content (AvgIpc) is 2.85. The third-order valence-electron chi connectivity index (χ3n) is 6.14. The van der Waals surface area contributed by atoms with Crippen LogP contribution >= 0.6 is 11.6 Å². The number of nitrogens with zero attached hydrogens (tertiary/aromatic N) is 2. The van der Waals surface area contributed by atoms with Gasteiger partial charge in [-0.05, 0) is 57.0 Å². The maximum atomic E-state index is 13.5. The summed E-state index contributed by atoms with van der Waals surface area (Å²) in [6, 6.07) is 5.25. The van der Waals surface area contributed by atoms with Gasteiger partial charge < -0.3 is 18.9 Å². The number of carbonyl (C=O) groups is 2. The van der Waals surface area contributed by atoms with E-state index in [0.717, 1.165) is 12.1 Å². The highest BCUT2D eigenvalue weighted by Crippen LogP contribution is 2.46. The first-order valence-corrected chi connectivity index (χ1v) is 12.3. The molecule has 1 aliphatic heterocycles. The molecule has 2 aromatic carbocycles. The van der Waals surface area contributed by atoms with E-state index >= 15 is 0 Å². The number of rotatable bonds is 7. The maximum Gasteiger partial charge on any atom is 0.416 e. The van der Waals surface area contributed by atoms with Crippen molar-refractivity contribution in [2.24, 2.45) is 0 Å². The molecule has 0 aliphatic carbocycles. The van der Waals surface area contributed by atoms with E-state index in [0.29, 0.717) is 22.7 Å². The number of hydrogen-bond donors (Lipinski definition) is 0. The van der Waals surface area contributed by atoms with Crippen molar-refractivity contribution in [2.45, 2.75) is 52.0 Å². The largest absolute Gasteiger partial charge is 0.493 e. The van der Waals surface area contributed by atoms with Gasteiger partial charge >= 0.3 is 18.4 Å². The number of ether oxygens (including phenoxy) is 4. The highest BCUT2D eigenvalue weighted by molar-refractivity contribution is 6.30. The van der Waals surface area contributed by atoms with Crippen LogP contribution in [-0.4, -0.2) is 50.6 Å². The second kappa shape index (κ2) is 12.0. The van der Waals surface area contributed by atoms with E-state index in [1.54, 1.807) is 32.9 Å². The van der Waals surface area contributed by atoms with Gasteiger partial charge in [0, 0.05) is 29.2 Å². The van der Waals surface area contributed by atoms with Crippen LogP contribution in [0.3, 0.4) is 0 Å². The lowest BCUT2D eigenvalue weighted by Crippen LogP contribution is -2.47. The van der Waals surface area contributed by atoms with E-state index in [2.05, 4.69) is 0 Å². The van der Waals surface area contributed by atoms with Crippen LogP contribution in [0.2, 0.25) is 5.02 Å². The number of fused-ring (bicyclic) bond motifs is 1. The fourth-order valence-corrected chi connectivity index (χ4v) is 4.79.